The molecule has 3 aromatic rings. The quantitative estimate of drug-likeness (QED) is 0.759. The summed E-state index contributed by atoms with van der Waals surface area (Å²) < 4.78 is 2.09. The van der Waals surface area contributed by atoms with Crippen molar-refractivity contribution < 1.29 is 0 Å². The van der Waals surface area contributed by atoms with Crippen molar-refractivity contribution in [2.45, 2.75) is 27.2 Å². The highest BCUT2D eigenvalue weighted by Crippen LogP contribution is 2.36. The molecule has 116 valence electrons. The molecule has 0 fully saturated rings. The molecule has 3 nitrogen and oxygen atoms in total. The predicted octanol–water partition coefficient (Wildman–Crippen LogP) is 4.43. The van der Waals surface area contributed by atoms with Gasteiger partial charge in [0.15, 0.2) is 0 Å². The van der Waals surface area contributed by atoms with Crippen LogP contribution >= 0.6 is 0 Å². The highest BCUT2D eigenvalue weighted by atomic mass is 15.3. The van der Waals surface area contributed by atoms with Crippen LogP contribution in [0.2, 0.25) is 0 Å². The van der Waals surface area contributed by atoms with Crippen molar-refractivity contribution in [1.82, 2.24) is 9.78 Å². The Kier molecular flexibility index (Phi) is 3.22. The molecule has 1 N–H and O–H groups in total. The molecular formula is C20H21N3. The summed E-state index contributed by atoms with van der Waals surface area (Å²) in [5.41, 5.74) is 8.61. The van der Waals surface area contributed by atoms with Gasteiger partial charge in [-0.2, -0.15) is 5.10 Å². The molecule has 0 spiro atoms. The summed E-state index contributed by atoms with van der Waals surface area (Å²) >= 11 is 0. The number of fused-ring (bicyclic) bond motifs is 1. The SMILES string of the molecule is Cc1ccc(C)c(-n2nc(-c3ccccc3C)c3c2NCC3)c1. The largest absolute Gasteiger partial charge is 0.369 e. The fraction of sp³-hybridized carbons (Fsp3) is 0.250. The van der Waals surface area contributed by atoms with Crippen LogP contribution in [-0.2, 0) is 6.42 Å². The number of nitrogens with zero attached hydrogens (tertiary/aromatic N) is 2. The van der Waals surface area contributed by atoms with Crippen LogP contribution < -0.4 is 5.32 Å². The molecule has 23 heavy (non-hydrogen) atoms. The molecule has 0 aliphatic carbocycles. The summed E-state index contributed by atoms with van der Waals surface area (Å²) in [6.07, 6.45) is 1.03. The maximum absolute atomic E-state index is 4.99. The van der Waals surface area contributed by atoms with E-state index in [1.54, 1.807) is 0 Å². The average Bonchev–Trinajstić information content (AvgIpc) is 3.13. The summed E-state index contributed by atoms with van der Waals surface area (Å²) in [5.74, 6) is 1.15. The Balaban J connectivity index is 1.96. The molecule has 0 saturated heterocycles. The molecule has 1 aromatic heterocycles. The van der Waals surface area contributed by atoms with Gasteiger partial charge in [0.25, 0.3) is 0 Å². The molecule has 0 atom stereocenters. The Hall–Kier alpha value is -2.55. The van der Waals surface area contributed by atoms with Crippen LogP contribution in [-0.4, -0.2) is 16.3 Å². The molecule has 2 heterocycles. The molecule has 4 rings (SSSR count). The van der Waals surface area contributed by atoms with Gasteiger partial charge in [0.05, 0.1) is 11.4 Å². The van der Waals surface area contributed by atoms with Crippen molar-refractivity contribution in [3.05, 3.63) is 64.7 Å². The van der Waals surface area contributed by atoms with Gasteiger partial charge >= 0.3 is 0 Å². The van der Waals surface area contributed by atoms with Crippen LogP contribution in [0.3, 0.4) is 0 Å². The number of benzene rings is 2. The van der Waals surface area contributed by atoms with Gasteiger partial charge in [-0.1, -0.05) is 36.4 Å². The van der Waals surface area contributed by atoms with Gasteiger partial charge in [0, 0.05) is 17.7 Å². The van der Waals surface area contributed by atoms with Crippen molar-refractivity contribution in [3.63, 3.8) is 0 Å². The Morgan fingerprint density at radius 1 is 1.00 bits per heavy atom. The van der Waals surface area contributed by atoms with E-state index >= 15 is 0 Å². The van der Waals surface area contributed by atoms with E-state index in [4.69, 9.17) is 5.10 Å². The Labute approximate surface area is 137 Å². The summed E-state index contributed by atoms with van der Waals surface area (Å²) in [7, 11) is 0. The zero-order valence-electron chi connectivity index (χ0n) is 13.9. The lowest BCUT2D eigenvalue weighted by Gasteiger charge is -2.10. The minimum atomic E-state index is 0.983. The fourth-order valence-corrected chi connectivity index (χ4v) is 3.35. The monoisotopic (exact) mass is 303 g/mol. The second kappa shape index (κ2) is 5.27. The minimum absolute atomic E-state index is 0.983. The first-order chi connectivity index (χ1) is 11.1. The van der Waals surface area contributed by atoms with Gasteiger partial charge in [-0.3, -0.25) is 0 Å². The molecule has 0 radical (unpaired) electrons. The van der Waals surface area contributed by atoms with E-state index in [0.29, 0.717) is 0 Å². The second-order valence-electron chi connectivity index (χ2n) is 6.37. The molecular weight excluding hydrogens is 282 g/mol. The van der Waals surface area contributed by atoms with Crippen molar-refractivity contribution in [2.24, 2.45) is 0 Å². The lowest BCUT2D eigenvalue weighted by atomic mass is 10.0. The van der Waals surface area contributed by atoms with E-state index in [9.17, 15) is 0 Å². The first-order valence-corrected chi connectivity index (χ1v) is 8.14. The number of anilines is 1. The number of rotatable bonds is 2. The van der Waals surface area contributed by atoms with Crippen LogP contribution in [0.1, 0.15) is 22.3 Å². The van der Waals surface area contributed by atoms with E-state index in [1.165, 1.54) is 27.8 Å². The van der Waals surface area contributed by atoms with Crippen molar-refractivity contribution in [3.8, 4) is 16.9 Å². The molecule has 0 bridgehead atoms. The van der Waals surface area contributed by atoms with E-state index < -0.39 is 0 Å². The zero-order chi connectivity index (χ0) is 16.0. The maximum Gasteiger partial charge on any atom is 0.133 e. The molecule has 3 heteroatoms. The average molecular weight is 303 g/mol. The number of nitrogens with one attached hydrogen (secondary N) is 1. The zero-order valence-corrected chi connectivity index (χ0v) is 13.9. The highest BCUT2D eigenvalue weighted by molar-refractivity contribution is 5.75. The van der Waals surface area contributed by atoms with Crippen LogP contribution in [0.5, 0.6) is 0 Å². The second-order valence-corrected chi connectivity index (χ2v) is 6.37. The van der Waals surface area contributed by atoms with E-state index in [0.717, 1.165) is 30.2 Å². The topological polar surface area (TPSA) is 29.9 Å². The Bertz CT molecular complexity index is 890. The first kappa shape index (κ1) is 14.1. The van der Waals surface area contributed by atoms with Gasteiger partial charge in [-0.25, -0.2) is 4.68 Å². The molecule has 0 amide bonds. The van der Waals surface area contributed by atoms with Crippen LogP contribution in [0.25, 0.3) is 16.9 Å². The fourth-order valence-electron chi connectivity index (χ4n) is 3.35. The molecule has 0 saturated carbocycles. The molecule has 1 aliphatic heterocycles. The Morgan fingerprint density at radius 2 is 1.83 bits per heavy atom. The van der Waals surface area contributed by atoms with Crippen molar-refractivity contribution in [2.75, 3.05) is 11.9 Å². The van der Waals surface area contributed by atoms with E-state index in [-0.39, 0.29) is 0 Å². The molecule has 2 aromatic carbocycles. The standard InChI is InChI=1S/C20H21N3/c1-13-8-9-15(3)18(12-13)23-20-17(10-11-21-20)19(22-23)16-7-5-4-6-14(16)2/h4-9,12,21H,10-11H2,1-3H3. The third-order valence-corrected chi connectivity index (χ3v) is 4.64. The maximum atomic E-state index is 4.99. The third-order valence-electron chi connectivity index (χ3n) is 4.64. The number of aryl methyl sites for hydroxylation is 3. The van der Waals surface area contributed by atoms with Crippen molar-refractivity contribution in [1.29, 1.82) is 0 Å². The minimum Gasteiger partial charge on any atom is -0.369 e. The summed E-state index contributed by atoms with van der Waals surface area (Å²) in [5, 5.41) is 8.51. The van der Waals surface area contributed by atoms with Crippen LogP contribution in [0, 0.1) is 20.8 Å². The third kappa shape index (κ3) is 2.24. The predicted molar refractivity (Wildman–Crippen MR) is 95.4 cm³/mol. The van der Waals surface area contributed by atoms with Gasteiger partial charge in [0.2, 0.25) is 0 Å². The smallest absolute Gasteiger partial charge is 0.133 e. The number of aromatic nitrogens is 2. The van der Waals surface area contributed by atoms with E-state index in [1.807, 2.05) is 0 Å². The first-order valence-electron chi connectivity index (χ1n) is 8.14. The van der Waals surface area contributed by atoms with E-state index in [2.05, 4.69) is 73.2 Å². The molecule has 0 unspecified atom stereocenters. The lowest BCUT2D eigenvalue weighted by Crippen LogP contribution is -2.06. The van der Waals surface area contributed by atoms with Crippen LogP contribution in [0.4, 0.5) is 5.82 Å². The van der Waals surface area contributed by atoms with Gasteiger partial charge in [-0.15, -0.1) is 0 Å². The Morgan fingerprint density at radius 3 is 2.65 bits per heavy atom. The summed E-state index contributed by atoms with van der Waals surface area (Å²) in [6.45, 7) is 7.41. The molecule has 1 aliphatic rings. The van der Waals surface area contributed by atoms with Crippen LogP contribution in [0.15, 0.2) is 42.5 Å². The lowest BCUT2D eigenvalue weighted by molar-refractivity contribution is 0.873. The summed E-state index contributed by atoms with van der Waals surface area (Å²) in [6, 6.07) is 15.0. The van der Waals surface area contributed by atoms with Gasteiger partial charge in [-0.05, 0) is 49.9 Å². The van der Waals surface area contributed by atoms with Gasteiger partial charge in [0.1, 0.15) is 5.82 Å². The normalized spacial score (nSPS) is 13.0. The van der Waals surface area contributed by atoms with Crippen molar-refractivity contribution >= 4 is 5.82 Å². The van der Waals surface area contributed by atoms with Gasteiger partial charge < -0.3 is 5.32 Å². The summed E-state index contributed by atoms with van der Waals surface area (Å²) in [4.78, 5) is 0. The number of hydrogen-bond acceptors (Lipinski definition) is 2. The number of hydrogen-bond donors (Lipinski definition) is 1. The highest BCUT2D eigenvalue weighted by Gasteiger charge is 2.25.